The number of methoxy groups -OCH3 is 1. The van der Waals surface area contributed by atoms with Gasteiger partial charge in [0, 0.05) is 13.8 Å². The second-order valence-electron chi connectivity index (χ2n) is 8.47. The molecule has 11 heteroatoms. The third-order valence-electron chi connectivity index (χ3n) is 5.71. The molecule has 0 amide bonds. The Labute approximate surface area is 227 Å². The molecule has 4 rings (SSSR count). The van der Waals surface area contributed by atoms with Crippen LogP contribution in [0.1, 0.15) is 44.9 Å². The first-order valence-electron chi connectivity index (χ1n) is 12.0. The van der Waals surface area contributed by atoms with Crippen molar-refractivity contribution in [3.63, 3.8) is 0 Å². The van der Waals surface area contributed by atoms with E-state index in [9.17, 15) is 19.2 Å². The molecule has 0 aliphatic carbocycles. The number of rotatable bonds is 7. The van der Waals surface area contributed by atoms with Gasteiger partial charge in [0.2, 0.25) is 0 Å². The lowest BCUT2D eigenvalue weighted by atomic mass is 9.96. The molecule has 0 radical (unpaired) electrons. The summed E-state index contributed by atoms with van der Waals surface area (Å²) in [6.45, 7) is 6.15. The zero-order chi connectivity index (χ0) is 28.3. The second-order valence-corrected chi connectivity index (χ2v) is 9.48. The van der Waals surface area contributed by atoms with E-state index in [0.717, 1.165) is 0 Å². The predicted molar refractivity (Wildman–Crippen MR) is 142 cm³/mol. The Kier molecular flexibility index (Phi) is 8.10. The molecule has 1 aliphatic heterocycles. The molecule has 202 valence electrons. The van der Waals surface area contributed by atoms with E-state index >= 15 is 0 Å². The summed E-state index contributed by atoms with van der Waals surface area (Å²) in [5.74, 6) is -0.594. The lowest BCUT2D eigenvalue weighted by molar-refractivity contribution is -0.139. The van der Waals surface area contributed by atoms with Crippen LogP contribution in [0.2, 0.25) is 0 Å². The third kappa shape index (κ3) is 5.83. The molecule has 0 N–H and O–H groups in total. The van der Waals surface area contributed by atoms with Gasteiger partial charge < -0.3 is 18.9 Å². The number of aromatic nitrogens is 1. The summed E-state index contributed by atoms with van der Waals surface area (Å²) < 4.78 is 22.8. The van der Waals surface area contributed by atoms with Gasteiger partial charge in [-0.05, 0) is 55.3 Å². The molecule has 2 aromatic carbocycles. The van der Waals surface area contributed by atoms with E-state index in [0.29, 0.717) is 37.7 Å². The first kappa shape index (κ1) is 27.5. The highest BCUT2D eigenvalue weighted by molar-refractivity contribution is 7.07. The molecule has 0 spiro atoms. The van der Waals surface area contributed by atoms with Gasteiger partial charge in [-0.1, -0.05) is 29.5 Å². The minimum Gasteiger partial charge on any atom is -0.493 e. The van der Waals surface area contributed by atoms with E-state index in [4.69, 9.17) is 18.9 Å². The Bertz CT molecular complexity index is 1660. The van der Waals surface area contributed by atoms with Crippen molar-refractivity contribution in [2.45, 2.75) is 33.7 Å². The highest BCUT2D eigenvalue weighted by Gasteiger charge is 2.33. The molecule has 0 saturated heterocycles. The number of ether oxygens (including phenoxy) is 4. The molecule has 0 bridgehead atoms. The molecule has 3 aromatic rings. The molecule has 1 atom stereocenters. The number of thiazole rings is 1. The van der Waals surface area contributed by atoms with Crippen molar-refractivity contribution in [2.75, 3.05) is 13.7 Å². The highest BCUT2D eigenvalue weighted by Crippen LogP contribution is 2.32. The largest absolute Gasteiger partial charge is 0.493 e. The van der Waals surface area contributed by atoms with Crippen molar-refractivity contribution >= 4 is 35.3 Å². The van der Waals surface area contributed by atoms with Crippen LogP contribution in [-0.4, -0.2) is 36.2 Å². The average Bonchev–Trinajstić information content (AvgIpc) is 3.18. The van der Waals surface area contributed by atoms with Crippen LogP contribution in [-0.2, 0) is 19.1 Å². The minimum atomic E-state index is -0.810. The smallest absolute Gasteiger partial charge is 0.338 e. The quantitative estimate of drug-likeness (QED) is 0.325. The van der Waals surface area contributed by atoms with Gasteiger partial charge in [0.15, 0.2) is 16.3 Å². The number of carbonyl (C=O) groups excluding carboxylic acids is 3. The van der Waals surface area contributed by atoms with Crippen molar-refractivity contribution in [3.05, 3.63) is 84.5 Å². The summed E-state index contributed by atoms with van der Waals surface area (Å²) in [6, 6.07) is 10.7. The lowest BCUT2D eigenvalue weighted by Gasteiger charge is -2.24. The molecule has 0 unspecified atom stereocenters. The van der Waals surface area contributed by atoms with E-state index in [2.05, 4.69) is 4.99 Å². The maximum absolute atomic E-state index is 13.8. The number of nitrogens with zero attached hydrogens (tertiary/aromatic N) is 2. The third-order valence-corrected chi connectivity index (χ3v) is 6.70. The lowest BCUT2D eigenvalue weighted by Crippen LogP contribution is -2.39. The predicted octanol–water partition coefficient (Wildman–Crippen LogP) is 2.66. The number of carbonyl (C=O) groups is 3. The Hall–Kier alpha value is -4.51. The van der Waals surface area contributed by atoms with Crippen LogP contribution in [0.5, 0.6) is 17.2 Å². The van der Waals surface area contributed by atoms with Gasteiger partial charge in [-0.3, -0.25) is 19.0 Å². The molecule has 1 aromatic heterocycles. The normalized spacial score (nSPS) is 14.8. The van der Waals surface area contributed by atoms with Gasteiger partial charge in [-0.25, -0.2) is 9.79 Å². The van der Waals surface area contributed by atoms with Crippen molar-refractivity contribution < 1.29 is 33.3 Å². The number of benzene rings is 2. The van der Waals surface area contributed by atoms with Crippen molar-refractivity contribution in [3.8, 4) is 17.2 Å². The number of allylic oxidation sites excluding steroid dienone is 1. The molecular formula is C28H26N2O8S. The molecule has 10 nitrogen and oxygen atoms in total. The van der Waals surface area contributed by atoms with Gasteiger partial charge in [0.1, 0.15) is 5.75 Å². The highest BCUT2D eigenvalue weighted by atomic mass is 32.1. The molecule has 1 aliphatic rings. The summed E-state index contributed by atoms with van der Waals surface area (Å²) in [7, 11) is 1.45. The summed E-state index contributed by atoms with van der Waals surface area (Å²) in [6.07, 6.45) is 1.67. The monoisotopic (exact) mass is 550 g/mol. The first-order valence-corrected chi connectivity index (χ1v) is 12.8. The number of esters is 3. The summed E-state index contributed by atoms with van der Waals surface area (Å²) >= 11 is 1.17. The van der Waals surface area contributed by atoms with Crippen LogP contribution in [0.3, 0.4) is 0 Å². The average molecular weight is 551 g/mol. The fourth-order valence-corrected chi connectivity index (χ4v) is 5.20. The van der Waals surface area contributed by atoms with Crippen LogP contribution in [0.25, 0.3) is 6.08 Å². The van der Waals surface area contributed by atoms with Crippen molar-refractivity contribution in [2.24, 2.45) is 4.99 Å². The maximum Gasteiger partial charge on any atom is 0.338 e. The Morgan fingerprint density at radius 1 is 1.03 bits per heavy atom. The van der Waals surface area contributed by atoms with Gasteiger partial charge in [0.25, 0.3) is 5.56 Å². The number of hydrogen-bond donors (Lipinski definition) is 0. The van der Waals surface area contributed by atoms with Crippen LogP contribution in [0.4, 0.5) is 0 Å². The summed E-state index contributed by atoms with van der Waals surface area (Å²) in [4.78, 5) is 54.5. The first-order chi connectivity index (χ1) is 18.6. The van der Waals surface area contributed by atoms with Crippen molar-refractivity contribution in [1.29, 1.82) is 0 Å². The molecule has 39 heavy (non-hydrogen) atoms. The van der Waals surface area contributed by atoms with E-state index < -0.39 is 23.9 Å². The zero-order valence-electron chi connectivity index (χ0n) is 22.0. The number of fused-ring (bicyclic) bond motifs is 1. The van der Waals surface area contributed by atoms with Crippen LogP contribution < -0.4 is 29.1 Å². The fraction of sp³-hybridized carbons (Fsp3) is 0.250. The Morgan fingerprint density at radius 3 is 2.33 bits per heavy atom. The Morgan fingerprint density at radius 2 is 1.72 bits per heavy atom. The van der Waals surface area contributed by atoms with Gasteiger partial charge in [-0.2, -0.15) is 0 Å². The zero-order valence-corrected chi connectivity index (χ0v) is 22.8. The van der Waals surface area contributed by atoms with E-state index in [1.165, 1.54) is 36.9 Å². The van der Waals surface area contributed by atoms with E-state index in [1.807, 2.05) is 0 Å². The van der Waals surface area contributed by atoms with Crippen LogP contribution in [0, 0.1) is 0 Å². The van der Waals surface area contributed by atoms with E-state index in [-0.39, 0.29) is 23.5 Å². The van der Waals surface area contributed by atoms with Crippen molar-refractivity contribution in [1.82, 2.24) is 4.57 Å². The van der Waals surface area contributed by atoms with Gasteiger partial charge in [0.05, 0.1) is 35.6 Å². The number of hydrogen-bond acceptors (Lipinski definition) is 10. The standard InChI is InChI=1S/C28H26N2O8S/c1-6-36-27(34)24-15(2)29-28-30(25(24)19-8-10-20(11-9-19)37-16(3)31)26(33)23(39-28)14-18-7-12-21(38-17(4)32)22(13-18)35-5/h7-14,25H,6H2,1-5H3/b23-14+/t25-/m1/s1. The van der Waals surface area contributed by atoms with E-state index in [1.54, 1.807) is 62.4 Å². The summed E-state index contributed by atoms with van der Waals surface area (Å²) in [5, 5.41) is 0. The van der Waals surface area contributed by atoms with Crippen LogP contribution in [0.15, 0.2) is 63.5 Å². The Balaban J connectivity index is 1.86. The molecule has 2 heterocycles. The minimum absolute atomic E-state index is 0.156. The van der Waals surface area contributed by atoms with Gasteiger partial charge in [-0.15, -0.1) is 0 Å². The second kappa shape index (κ2) is 11.5. The fourth-order valence-electron chi connectivity index (χ4n) is 4.16. The summed E-state index contributed by atoms with van der Waals surface area (Å²) in [5.41, 5.74) is 1.57. The molecule has 0 fully saturated rings. The molecular weight excluding hydrogens is 524 g/mol. The maximum atomic E-state index is 13.8. The van der Waals surface area contributed by atoms with Gasteiger partial charge >= 0.3 is 17.9 Å². The SMILES string of the molecule is CCOC(=O)C1=C(C)N=c2s/c(=C/c3ccc(OC(C)=O)c(OC)c3)c(=O)n2[C@@H]1c1ccc(OC(C)=O)cc1. The topological polar surface area (TPSA) is 122 Å². The van der Waals surface area contributed by atoms with Crippen LogP contribution >= 0.6 is 11.3 Å². The molecule has 0 saturated carbocycles.